The molecule has 150 valence electrons. The van der Waals surface area contributed by atoms with Crippen molar-refractivity contribution in [2.75, 3.05) is 12.0 Å². The molecule has 8 heteroatoms. The SMILES string of the molecule is COc1ccc(O)c(C(=O)O[C@H](C)C(=O)N(c2nccs2)C2CCCCC2)c1. The Balaban J connectivity index is 1.77. The second kappa shape index (κ2) is 9.05. The number of esters is 1. The summed E-state index contributed by atoms with van der Waals surface area (Å²) in [7, 11) is 1.46. The van der Waals surface area contributed by atoms with E-state index in [1.165, 1.54) is 36.6 Å². The number of benzene rings is 1. The van der Waals surface area contributed by atoms with E-state index in [-0.39, 0.29) is 23.3 Å². The molecule has 0 saturated heterocycles. The number of thiazole rings is 1. The van der Waals surface area contributed by atoms with E-state index in [0.717, 1.165) is 32.1 Å². The Morgan fingerprint density at radius 1 is 1.29 bits per heavy atom. The fourth-order valence-corrected chi connectivity index (χ4v) is 4.10. The molecule has 1 aliphatic rings. The Morgan fingerprint density at radius 2 is 2.04 bits per heavy atom. The molecule has 1 aromatic heterocycles. The first-order valence-electron chi connectivity index (χ1n) is 9.31. The number of rotatable bonds is 6. The van der Waals surface area contributed by atoms with Gasteiger partial charge in [0.1, 0.15) is 17.1 Å². The number of aromatic nitrogens is 1. The van der Waals surface area contributed by atoms with Crippen LogP contribution in [0.15, 0.2) is 29.8 Å². The fraction of sp³-hybridized carbons (Fsp3) is 0.450. The summed E-state index contributed by atoms with van der Waals surface area (Å²) in [4.78, 5) is 31.6. The number of phenols is 1. The first-order chi connectivity index (χ1) is 13.5. The lowest BCUT2D eigenvalue weighted by molar-refractivity contribution is -0.127. The van der Waals surface area contributed by atoms with Crippen molar-refractivity contribution in [1.82, 2.24) is 4.98 Å². The third kappa shape index (κ3) is 4.44. The molecule has 1 aromatic carbocycles. The molecule has 3 rings (SSSR count). The zero-order valence-corrected chi connectivity index (χ0v) is 16.8. The number of aromatic hydroxyl groups is 1. The van der Waals surface area contributed by atoms with Crippen molar-refractivity contribution >= 4 is 28.3 Å². The lowest BCUT2D eigenvalue weighted by Gasteiger charge is -2.33. The topological polar surface area (TPSA) is 89.0 Å². The van der Waals surface area contributed by atoms with E-state index in [2.05, 4.69) is 4.98 Å². The van der Waals surface area contributed by atoms with Crippen LogP contribution in [0.25, 0.3) is 0 Å². The lowest BCUT2D eigenvalue weighted by atomic mass is 9.94. The number of amides is 1. The van der Waals surface area contributed by atoms with Gasteiger partial charge in [-0.2, -0.15) is 0 Å². The van der Waals surface area contributed by atoms with Gasteiger partial charge in [0.2, 0.25) is 0 Å². The van der Waals surface area contributed by atoms with Gasteiger partial charge >= 0.3 is 5.97 Å². The summed E-state index contributed by atoms with van der Waals surface area (Å²) in [6.07, 6.45) is 5.75. The second-order valence-electron chi connectivity index (χ2n) is 6.75. The number of hydrogen-bond donors (Lipinski definition) is 1. The van der Waals surface area contributed by atoms with E-state index < -0.39 is 12.1 Å². The number of anilines is 1. The molecule has 1 heterocycles. The van der Waals surface area contributed by atoms with Crippen LogP contribution in [0.2, 0.25) is 0 Å². The van der Waals surface area contributed by atoms with Crippen LogP contribution in [0.4, 0.5) is 5.13 Å². The fourth-order valence-electron chi connectivity index (χ4n) is 3.38. The Hall–Kier alpha value is -2.61. The molecule has 1 amide bonds. The molecule has 1 N–H and O–H groups in total. The van der Waals surface area contributed by atoms with E-state index in [9.17, 15) is 14.7 Å². The van der Waals surface area contributed by atoms with Crippen LogP contribution in [0.5, 0.6) is 11.5 Å². The van der Waals surface area contributed by atoms with Gasteiger partial charge in [-0.1, -0.05) is 19.3 Å². The quantitative estimate of drug-likeness (QED) is 0.737. The molecule has 1 fully saturated rings. The molecule has 1 atom stereocenters. The number of hydrogen-bond acceptors (Lipinski definition) is 7. The minimum atomic E-state index is -1.01. The smallest absolute Gasteiger partial charge is 0.342 e. The van der Waals surface area contributed by atoms with Gasteiger partial charge in [0.05, 0.1) is 7.11 Å². The summed E-state index contributed by atoms with van der Waals surface area (Å²) in [5.74, 6) is -0.901. The predicted octanol–water partition coefficient (Wildman–Crippen LogP) is 3.77. The number of methoxy groups -OCH3 is 1. The van der Waals surface area contributed by atoms with Gasteiger partial charge in [0.25, 0.3) is 5.91 Å². The summed E-state index contributed by atoms with van der Waals surface area (Å²) in [5, 5.41) is 12.4. The second-order valence-corrected chi connectivity index (χ2v) is 7.62. The Kier molecular flexibility index (Phi) is 6.51. The Bertz CT molecular complexity index is 818. The van der Waals surface area contributed by atoms with E-state index in [4.69, 9.17) is 9.47 Å². The van der Waals surface area contributed by atoms with Crippen molar-refractivity contribution in [1.29, 1.82) is 0 Å². The summed E-state index contributed by atoms with van der Waals surface area (Å²) in [5.41, 5.74) is -0.0440. The van der Waals surface area contributed by atoms with E-state index in [1.54, 1.807) is 18.0 Å². The van der Waals surface area contributed by atoms with E-state index in [0.29, 0.717) is 10.9 Å². The summed E-state index contributed by atoms with van der Waals surface area (Å²) >= 11 is 1.39. The normalized spacial score (nSPS) is 15.6. The maximum Gasteiger partial charge on any atom is 0.342 e. The molecule has 28 heavy (non-hydrogen) atoms. The van der Waals surface area contributed by atoms with Crippen LogP contribution in [0.3, 0.4) is 0 Å². The number of carbonyl (C=O) groups excluding carboxylic acids is 2. The molecule has 0 spiro atoms. The van der Waals surface area contributed by atoms with Gasteiger partial charge in [0.15, 0.2) is 11.2 Å². The zero-order chi connectivity index (χ0) is 20.1. The monoisotopic (exact) mass is 404 g/mol. The Labute approximate surface area is 167 Å². The molecular weight excluding hydrogens is 380 g/mol. The molecule has 1 saturated carbocycles. The Morgan fingerprint density at radius 3 is 2.68 bits per heavy atom. The van der Waals surface area contributed by atoms with Crippen LogP contribution < -0.4 is 9.64 Å². The first kappa shape index (κ1) is 20.1. The van der Waals surface area contributed by atoms with Crippen LogP contribution >= 0.6 is 11.3 Å². The van der Waals surface area contributed by atoms with Crippen molar-refractivity contribution in [3.05, 3.63) is 35.3 Å². The van der Waals surface area contributed by atoms with Gasteiger partial charge in [-0.3, -0.25) is 9.69 Å². The highest BCUT2D eigenvalue weighted by Gasteiger charge is 2.33. The van der Waals surface area contributed by atoms with Gasteiger partial charge in [0, 0.05) is 17.6 Å². The standard InChI is InChI=1S/C20H24N2O5S/c1-13(27-19(25)16-12-15(26-2)8-9-17(16)23)18(24)22(20-21-10-11-28-20)14-6-4-3-5-7-14/h8-14,23H,3-7H2,1-2H3/t13-/m1/s1. The summed E-state index contributed by atoms with van der Waals surface area (Å²) < 4.78 is 10.5. The molecule has 1 aliphatic carbocycles. The van der Waals surface area contributed by atoms with Crippen LogP contribution in [0.1, 0.15) is 49.4 Å². The number of nitrogens with zero attached hydrogens (tertiary/aromatic N) is 2. The van der Waals surface area contributed by atoms with Crippen molar-refractivity contribution in [3.8, 4) is 11.5 Å². The third-order valence-corrected chi connectivity index (χ3v) is 5.63. The highest BCUT2D eigenvalue weighted by molar-refractivity contribution is 7.13. The zero-order valence-electron chi connectivity index (χ0n) is 16.0. The first-order valence-corrected chi connectivity index (χ1v) is 10.2. The minimum Gasteiger partial charge on any atom is -0.507 e. The van der Waals surface area contributed by atoms with Crippen LogP contribution in [-0.4, -0.2) is 41.2 Å². The van der Waals surface area contributed by atoms with Crippen molar-refractivity contribution in [2.24, 2.45) is 0 Å². The number of phenolic OH excluding ortho intramolecular Hbond substituents is 1. The van der Waals surface area contributed by atoms with Crippen molar-refractivity contribution in [3.63, 3.8) is 0 Å². The summed E-state index contributed by atoms with van der Waals surface area (Å²) in [6.45, 7) is 1.54. The largest absolute Gasteiger partial charge is 0.507 e. The average molecular weight is 404 g/mol. The third-order valence-electron chi connectivity index (χ3n) is 4.86. The highest BCUT2D eigenvalue weighted by atomic mass is 32.1. The molecule has 0 unspecified atom stereocenters. The van der Waals surface area contributed by atoms with Gasteiger partial charge in [-0.25, -0.2) is 9.78 Å². The van der Waals surface area contributed by atoms with E-state index in [1.807, 2.05) is 5.38 Å². The number of carbonyl (C=O) groups is 2. The molecule has 0 radical (unpaired) electrons. The molecule has 0 bridgehead atoms. The molecule has 2 aromatic rings. The summed E-state index contributed by atoms with van der Waals surface area (Å²) in [6, 6.07) is 4.33. The maximum absolute atomic E-state index is 13.1. The van der Waals surface area contributed by atoms with Gasteiger partial charge < -0.3 is 14.6 Å². The van der Waals surface area contributed by atoms with Gasteiger partial charge in [-0.15, -0.1) is 11.3 Å². The molecular formula is C20H24N2O5S. The number of ether oxygens (including phenoxy) is 2. The van der Waals surface area contributed by atoms with Crippen molar-refractivity contribution < 1.29 is 24.2 Å². The van der Waals surface area contributed by atoms with Crippen molar-refractivity contribution in [2.45, 2.75) is 51.2 Å². The molecule has 7 nitrogen and oxygen atoms in total. The minimum absolute atomic E-state index is 0.0440. The lowest BCUT2D eigenvalue weighted by Crippen LogP contribution is -2.47. The molecule has 0 aliphatic heterocycles. The van der Waals surface area contributed by atoms with Crippen LogP contribution in [0, 0.1) is 0 Å². The average Bonchev–Trinajstić information content (AvgIpc) is 3.23. The maximum atomic E-state index is 13.1. The van der Waals surface area contributed by atoms with Gasteiger partial charge in [-0.05, 0) is 38.0 Å². The van der Waals surface area contributed by atoms with E-state index >= 15 is 0 Å². The van der Waals surface area contributed by atoms with Crippen LogP contribution in [-0.2, 0) is 9.53 Å². The predicted molar refractivity (Wildman–Crippen MR) is 106 cm³/mol. The highest BCUT2D eigenvalue weighted by Crippen LogP contribution is 2.30.